The lowest BCUT2D eigenvalue weighted by molar-refractivity contribution is 0.0944. The van der Waals surface area contributed by atoms with Crippen LogP contribution in [0.2, 0.25) is 0 Å². The summed E-state index contributed by atoms with van der Waals surface area (Å²) in [6, 6.07) is 3.04. The van der Waals surface area contributed by atoms with E-state index in [1.807, 2.05) is 13.8 Å². The molecule has 0 atom stereocenters. The quantitative estimate of drug-likeness (QED) is 0.593. The van der Waals surface area contributed by atoms with Crippen LogP contribution in [0.15, 0.2) is 30.7 Å². The number of aromatic nitrogens is 5. The van der Waals surface area contributed by atoms with Crippen molar-refractivity contribution in [2.75, 3.05) is 0 Å². The van der Waals surface area contributed by atoms with Crippen LogP contribution < -0.4 is 5.32 Å². The number of halogens is 1. The minimum absolute atomic E-state index is 0.0122. The van der Waals surface area contributed by atoms with Crippen LogP contribution in [-0.2, 0) is 0 Å². The Labute approximate surface area is 148 Å². The summed E-state index contributed by atoms with van der Waals surface area (Å²) in [5.41, 5.74) is 3.26. The summed E-state index contributed by atoms with van der Waals surface area (Å²) < 4.78 is 15.2. The number of imidazole rings is 1. The molecule has 0 saturated heterocycles. The van der Waals surface area contributed by atoms with Gasteiger partial charge in [0.15, 0.2) is 5.65 Å². The molecule has 0 aliphatic rings. The van der Waals surface area contributed by atoms with Crippen LogP contribution in [0, 0.1) is 12.7 Å². The average molecular weight is 352 g/mol. The zero-order valence-corrected chi connectivity index (χ0v) is 14.5. The summed E-state index contributed by atoms with van der Waals surface area (Å²) in [6.45, 7) is 5.58. The summed E-state index contributed by atoms with van der Waals surface area (Å²) in [5.74, 6) is 0.0817. The van der Waals surface area contributed by atoms with Crippen molar-refractivity contribution < 1.29 is 9.18 Å². The van der Waals surface area contributed by atoms with Crippen molar-refractivity contribution in [3.63, 3.8) is 0 Å². The number of hydrogen-bond acceptors (Lipinski definition) is 4. The zero-order chi connectivity index (χ0) is 18.4. The van der Waals surface area contributed by atoms with Crippen molar-refractivity contribution in [3.05, 3.63) is 47.9 Å². The third-order valence-corrected chi connectivity index (χ3v) is 4.07. The molecule has 8 heteroatoms. The lowest BCUT2D eigenvalue weighted by atomic mass is 10.2. The van der Waals surface area contributed by atoms with Crippen molar-refractivity contribution in [1.29, 1.82) is 0 Å². The van der Waals surface area contributed by atoms with Gasteiger partial charge in [-0.15, -0.1) is 0 Å². The van der Waals surface area contributed by atoms with Crippen LogP contribution in [0.25, 0.3) is 28.1 Å². The molecule has 0 radical (unpaired) electrons. The van der Waals surface area contributed by atoms with Crippen LogP contribution in [0.5, 0.6) is 0 Å². The van der Waals surface area contributed by atoms with Crippen LogP contribution in [0.4, 0.5) is 4.39 Å². The molecule has 26 heavy (non-hydrogen) atoms. The van der Waals surface area contributed by atoms with Gasteiger partial charge in [0.2, 0.25) is 0 Å². The monoisotopic (exact) mass is 352 g/mol. The Hall–Kier alpha value is -3.29. The van der Waals surface area contributed by atoms with E-state index in [9.17, 15) is 9.18 Å². The fourth-order valence-electron chi connectivity index (χ4n) is 2.92. The van der Waals surface area contributed by atoms with E-state index >= 15 is 0 Å². The van der Waals surface area contributed by atoms with Gasteiger partial charge in [-0.3, -0.25) is 4.79 Å². The molecular weight excluding hydrogens is 335 g/mol. The molecule has 0 unspecified atom stereocenters. The van der Waals surface area contributed by atoms with E-state index in [1.54, 1.807) is 29.8 Å². The zero-order valence-electron chi connectivity index (χ0n) is 14.5. The maximum absolute atomic E-state index is 13.5. The van der Waals surface area contributed by atoms with Gasteiger partial charge in [-0.25, -0.2) is 19.3 Å². The highest BCUT2D eigenvalue weighted by Crippen LogP contribution is 2.25. The first-order chi connectivity index (χ1) is 12.4. The van der Waals surface area contributed by atoms with Gasteiger partial charge in [-0.05, 0) is 32.9 Å². The lowest BCUT2D eigenvalue weighted by Gasteiger charge is -2.07. The SMILES string of the molecule is Cc1nc(-c2cnc3[nH]cc(C(=O)NC(C)C)c3n2)c2ccc(F)cn12. The van der Waals surface area contributed by atoms with Gasteiger partial charge in [0.05, 0.1) is 17.3 Å². The number of carbonyl (C=O) groups excluding carboxylic acids is 1. The maximum atomic E-state index is 13.5. The number of nitrogens with one attached hydrogen (secondary N) is 2. The molecule has 0 aliphatic carbocycles. The highest BCUT2D eigenvalue weighted by Gasteiger charge is 2.18. The highest BCUT2D eigenvalue weighted by molar-refractivity contribution is 6.04. The molecule has 4 rings (SSSR count). The van der Waals surface area contributed by atoms with Gasteiger partial charge in [0, 0.05) is 18.4 Å². The van der Waals surface area contributed by atoms with E-state index in [4.69, 9.17) is 0 Å². The Morgan fingerprint density at radius 2 is 2.12 bits per heavy atom. The number of aryl methyl sites for hydroxylation is 1. The van der Waals surface area contributed by atoms with Crippen LogP contribution >= 0.6 is 0 Å². The smallest absolute Gasteiger partial charge is 0.255 e. The van der Waals surface area contributed by atoms with Crippen molar-refractivity contribution in [2.24, 2.45) is 0 Å². The minimum Gasteiger partial charge on any atom is -0.350 e. The first-order valence-corrected chi connectivity index (χ1v) is 8.23. The van der Waals surface area contributed by atoms with E-state index in [2.05, 4.69) is 25.3 Å². The molecule has 0 fully saturated rings. The minimum atomic E-state index is -0.343. The van der Waals surface area contributed by atoms with Crippen LogP contribution in [0.3, 0.4) is 0 Å². The molecule has 0 bridgehead atoms. The van der Waals surface area contributed by atoms with Crippen molar-refractivity contribution in [2.45, 2.75) is 26.8 Å². The average Bonchev–Trinajstić information content (AvgIpc) is 3.15. The van der Waals surface area contributed by atoms with Gasteiger partial charge in [0.1, 0.15) is 28.5 Å². The second-order valence-corrected chi connectivity index (χ2v) is 6.39. The topological polar surface area (TPSA) is 88.0 Å². The number of pyridine rings is 1. The van der Waals surface area contributed by atoms with Crippen molar-refractivity contribution >= 4 is 22.6 Å². The van der Waals surface area contributed by atoms with E-state index in [-0.39, 0.29) is 17.8 Å². The Morgan fingerprint density at radius 3 is 2.88 bits per heavy atom. The number of hydrogen-bond donors (Lipinski definition) is 2. The van der Waals surface area contributed by atoms with Crippen molar-refractivity contribution in [1.82, 2.24) is 29.7 Å². The van der Waals surface area contributed by atoms with E-state index < -0.39 is 0 Å². The number of H-pyrrole nitrogens is 1. The molecule has 132 valence electrons. The Kier molecular flexibility index (Phi) is 3.68. The van der Waals surface area contributed by atoms with Gasteiger partial charge in [-0.2, -0.15) is 0 Å². The Balaban J connectivity index is 1.87. The van der Waals surface area contributed by atoms with Gasteiger partial charge in [0.25, 0.3) is 5.91 Å². The first-order valence-electron chi connectivity index (χ1n) is 8.23. The fraction of sp³-hybridized carbons (Fsp3) is 0.222. The third-order valence-electron chi connectivity index (χ3n) is 4.07. The second-order valence-electron chi connectivity index (χ2n) is 6.39. The molecule has 2 N–H and O–H groups in total. The van der Waals surface area contributed by atoms with Gasteiger partial charge in [-0.1, -0.05) is 0 Å². The van der Waals surface area contributed by atoms with Crippen LogP contribution in [-0.4, -0.2) is 36.3 Å². The molecule has 0 saturated carbocycles. The number of aromatic amines is 1. The molecule has 4 aromatic heterocycles. The van der Waals surface area contributed by atoms with E-state index in [0.29, 0.717) is 33.9 Å². The molecule has 1 amide bonds. The summed E-state index contributed by atoms with van der Waals surface area (Å²) in [4.78, 5) is 28.8. The van der Waals surface area contributed by atoms with Crippen molar-refractivity contribution in [3.8, 4) is 11.4 Å². The highest BCUT2D eigenvalue weighted by atomic mass is 19.1. The fourth-order valence-corrected chi connectivity index (χ4v) is 2.92. The van der Waals surface area contributed by atoms with E-state index in [0.717, 1.165) is 5.52 Å². The lowest BCUT2D eigenvalue weighted by Crippen LogP contribution is -2.29. The number of amides is 1. The Bertz CT molecular complexity index is 1140. The molecular formula is C18H17FN6O. The maximum Gasteiger partial charge on any atom is 0.255 e. The Morgan fingerprint density at radius 1 is 1.31 bits per heavy atom. The number of fused-ring (bicyclic) bond motifs is 2. The first kappa shape index (κ1) is 16.2. The molecule has 0 aliphatic heterocycles. The summed E-state index contributed by atoms with van der Waals surface area (Å²) in [7, 11) is 0. The largest absolute Gasteiger partial charge is 0.350 e. The molecule has 0 aromatic carbocycles. The standard InChI is InChI=1S/C18H17FN6O/c1-9(2)22-18(26)12-6-20-17-15(12)24-13(7-21-17)16-14-5-4-11(19)8-25(14)10(3)23-16/h4-9H,1-3H3,(H,20,21)(H,22,26). The third kappa shape index (κ3) is 2.59. The second kappa shape index (κ2) is 5.91. The van der Waals surface area contributed by atoms with Gasteiger partial charge < -0.3 is 14.7 Å². The predicted octanol–water partition coefficient (Wildman–Crippen LogP) is 2.86. The normalized spacial score (nSPS) is 11.6. The molecule has 7 nitrogen and oxygen atoms in total. The summed E-state index contributed by atoms with van der Waals surface area (Å²) >= 11 is 0. The predicted molar refractivity (Wildman–Crippen MR) is 95.4 cm³/mol. The van der Waals surface area contributed by atoms with Crippen LogP contribution in [0.1, 0.15) is 30.0 Å². The van der Waals surface area contributed by atoms with E-state index in [1.165, 1.54) is 12.3 Å². The number of nitrogens with zero attached hydrogens (tertiary/aromatic N) is 4. The molecule has 0 spiro atoms. The summed E-state index contributed by atoms with van der Waals surface area (Å²) in [6.07, 6.45) is 4.57. The van der Waals surface area contributed by atoms with Gasteiger partial charge >= 0.3 is 0 Å². The number of rotatable bonds is 3. The molecule has 4 heterocycles. The summed E-state index contributed by atoms with van der Waals surface area (Å²) in [5, 5.41) is 2.85. The molecule has 4 aromatic rings. The number of carbonyl (C=O) groups is 1.